The highest BCUT2D eigenvalue weighted by atomic mass is 32.1. The molecule has 1 fully saturated rings. The van der Waals surface area contributed by atoms with Crippen LogP contribution in [0.2, 0.25) is 0 Å². The minimum absolute atomic E-state index is 0.00360. The number of thiazole rings is 1. The lowest BCUT2D eigenvalue weighted by atomic mass is 10.1. The maximum Gasteiger partial charge on any atom is 0.271 e. The summed E-state index contributed by atoms with van der Waals surface area (Å²) in [6.45, 7) is 0.923. The van der Waals surface area contributed by atoms with Crippen LogP contribution in [-0.2, 0) is 24.4 Å². The maximum absolute atomic E-state index is 13.3. The Bertz CT molecular complexity index is 1090. The van der Waals surface area contributed by atoms with Crippen molar-refractivity contribution in [1.82, 2.24) is 15.2 Å². The Morgan fingerprint density at radius 2 is 1.55 bits per heavy atom. The van der Waals surface area contributed by atoms with E-state index in [-0.39, 0.29) is 41.6 Å². The zero-order chi connectivity index (χ0) is 23.2. The number of halogens is 2. The highest BCUT2D eigenvalue weighted by molar-refractivity contribution is 7.09. The second-order valence-corrected chi connectivity index (χ2v) is 9.18. The van der Waals surface area contributed by atoms with Crippen molar-refractivity contribution < 1.29 is 18.4 Å². The molecule has 1 aliphatic carbocycles. The lowest BCUT2D eigenvalue weighted by Gasteiger charge is -2.25. The fourth-order valence-corrected chi connectivity index (χ4v) is 4.77. The zero-order valence-corrected chi connectivity index (χ0v) is 18.9. The third-order valence-corrected chi connectivity index (χ3v) is 6.61. The van der Waals surface area contributed by atoms with Gasteiger partial charge in [0, 0.05) is 24.4 Å². The molecule has 1 saturated carbocycles. The minimum atomic E-state index is -0.327. The van der Waals surface area contributed by atoms with Gasteiger partial charge in [0.25, 0.3) is 5.91 Å². The van der Waals surface area contributed by atoms with Crippen molar-refractivity contribution >= 4 is 23.2 Å². The molecular weight excluding hydrogens is 444 g/mol. The molecule has 33 heavy (non-hydrogen) atoms. The number of carbonyl (C=O) groups is 2. The molecule has 0 bridgehead atoms. The van der Waals surface area contributed by atoms with Gasteiger partial charge in [0.2, 0.25) is 5.91 Å². The summed E-state index contributed by atoms with van der Waals surface area (Å²) in [5.74, 6) is -0.887. The van der Waals surface area contributed by atoms with Gasteiger partial charge in [-0.05, 0) is 48.2 Å². The average molecular weight is 470 g/mol. The van der Waals surface area contributed by atoms with E-state index in [1.165, 1.54) is 35.6 Å². The maximum atomic E-state index is 13.3. The molecule has 3 aromatic rings. The lowest BCUT2D eigenvalue weighted by molar-refractivity contribution is -0.136. The molecular formula is C25H25F2N3O2S. The molecule has 2 amide bonds. The molecule has 0 aliphatic heterocycles. The summed E-state index contributed by atoms with van der Waals surface area (Å²) >= 11 is 1.33. The van der Waals surface area contributed by atoms with E-state index in [0.29, 0.717) is 18.1 Å². The summed E-state index contributed by atoms with van der Waals surface area (Å²) in [5.41, 5.74) is 1.91. The van der Waals surface area contributed by atoms with Gasteiger partial charge in [-0.1, -0.05) is 37.1 Å². The van der Waals surface area contributed by atoms with Gasteiger partial charge in [0.1, 0.15) is 22.3 Å². The van der Waals surface area contributed by atoms with Crippen LogP contribution in [-0.4, -0.2) is 21.7 Å². The third-order valence-electron chi connectivity index (χ3n) is 5.78. The van der Waals surface area contributed by atoms with E-state index in [1.807, 2.05) is 0 Å². The second-order valence-electron chi connectivity index (χ2n) is 8.24. The van der Waals surface area contributed by atoms with Crippen LogP contribution in [0.3, 0.4) is 0 Å². The van der Waals surface area contributed by atoms with E-state index in [4.69, 9.17) is 0 Å². The van der Waals surface area contributed by atoms with Crippen molar-refractivity contribution in [1.29, 1.82) is 0 Å². The first-order valence-electron chi connectivity index (χ1n) is 11.0. The van der Waals surface area contributed by atoms with Crippen LogP contribution in [0.5, 0.6) is 0 Å². The first-order chi connectivity index (χ1) is 16.0. The number of aromatic nitrogens is 1. The van der Waals surface area contributed by atoms with Gasteiger partial charge in [-0.2, -0.15) is 0 Å². The monoisotopic (exact) mass is 469 g/mol. The molecule has 5 nitrogen and oxygen atoms in total. The Morgan fingerprint density at radius 3 is 2.18 bits per heavy atom. The highest BCUT2D eigenvalue weighted by Crippen LogP contribution is 2.28. The quantitative estimate of drug-likeness (QED) is 0.501. The van der Waals surface area contributed by atoms with Crippen LogP contribution in [0, 0.1) is 17.6 Å². The number of nitrogens with zero attached hydrogens (tertiary/aromatic N) is 2. The van der Waals surface area contributed by atoms with Crippen LogP contribution in [0.15, 0.2) is 53.9 Å². The van der Waals surface area contributed by atoms with Gasteiger partial charge in [0.15, 0.2) is 0 Å². The first-order valence-corrected chi connectivity index (χ1v) is 11.9. The van der Waals surface area contributed by atoms with Crippen LogP contribution in [0.25, 0.3) is 0 Å². The molecule has 1 aromatic heterocycles. The van der Waals surface area contributed by atoms with Gasteiger partial charge in [-0.15, -0.1) is 11.3 Å². The van der Waals surface area contributed by atoms with Gasteiger partial charge < -0.3 is 10.2 Å². The molecule has 4 rings (SSSR count). The molecule has 0 spiro atoms. The van der Waals surface area contributed by atoms with Gasteiger partial charge >= 0.3 is 0 Å². The summed E-state index contributed by atoms with van der Waals surface area (Å²) in [7, 11) is 0. The topological polar surface area (TPSA) is 62.3 Å². The first kappa shape index (κ1) is 23.0. The van der Waals surface area contributed by atoms with Crippen LogP contribution >= 0.6 is 11.3 Å². The van der Waals surface area contributed by atoms with Crippen molar-refractivity contribution in [3.8, 4) is 0 Å². The van der Waals surface area contributed by atoms with E-state index in [9.17, 15) is 18.4 Å². The normalized spacial score (nSPS) is 13.8. The van der Waals surface area contributed by atoms with Gasteiger partial charge in [-0.3, -0.25) is 9.59 Å². The van der Waals surface area contributed by atoms with E-state index < -0.39 is 0 Å². The van der Waals surface area contributed by atoms with Crippen LogP contribution in [0.4, 0.5) is 8.78 Å². The SMILES string of the molecule is O=C(NCc1ccc(F)cc1)c1csc(CN(Cc2ccc(F)cc2)C(=O)C2CCCC2)n1. The molecule has 0 radical (unpaired) electrons. The van der Waals surface area contributed by atoms with Crippen molar-refractivity contribution in [2.75, 3.05) is 0 Å². The number of benzene rings is 2. The predicted molar refractivity (Wildman–Crippen MR) is 122 cm³/mol. The molecule has 2 aromatic carbocycles. The standard InChI is InChI=1S/C25H25F2N3O2S/c26-20-9-5-17(6-10-20)13-28-24(31)22-16-33-23(29-22)15-30(25(32)19-3-1-2-4-19)14-18-7-11-21(27)12-8-18/h5-12,16,19H,1-4,13-15H2,(H,28,31). The summed E-state index contributed by atoms with van der Waals surface area (Å²) in [4.78, 5) is 31.8. The molecule has 1 N–H and O–H groups in total. The van der Waals surface area contributed by atoms with Crippen molar-refractivity contribution in [3.63, 3.8) is 0 Å². The fraction of sp³-hybridized carbons (Fsp3) is 0.320. The molecule has 0 unspecified atom stereocenters. The fourth-order valence-electron chi connectivity index (χ4n) is 3.98. The van der Waals surface area contributed by atoms with Gasteiger partial charge in [-0.25, -0.2) is 13.8 Å². The Labute approximate surface area is 195 Å². The minimum Gasteiger partial charge on any atom is -0.347 e. The molecule has 8 heteroatoms. The predicted octanol–water partition coefficient (Wildman–Crippen LogP) is 5.07. The average Bonchev–Trinajstić information content (AvgIpc) is 3.52. The van der Waals surface area contributed by atoms with E-state index in [1.54, 1.807) is 34.5 Å². The van der Waals surface area contributed by atoms with E-state index >= 15 is 0 Å². The number of nitrogens with one attached hydrogen (secondary N) is 1. The summed E-state index contributed by atoms with van der Waals surface area (Å²) in [6, 6.07) is 12.1. The molecule has 0 saturated heterocycles. The summed E-state index contributed by atoms with van der Waals surface area (Å²) < 4.78 is 26.3. The Balaban J connectivity index is 1.42. The Morgan fingerprint density at radius 1 is 0.939 bits per heavy atom. The third kappa shape index (κ3) is 6.22. The Kier molecular flexibility index (Phi) is 7.44. The van der Waals surface area contributed by atoms with Gasteiger partial charge in [0.05, 0.1) is 6.54 Å². The molecule has 1 aliphatic rings. The second kappa shape index (κ2) is 10.7. The highest BCUT2D eigenvalue weighted by Gasteiger charge is 2.28. The lowest BCUT2D eigenvalue weighted by Crippen LogP contribution is -2.34. The largest absolute Gasteiger partial charge is 0.347 e. The smallest absolute Gasteiger partial charge is 0.271 e. The molecule has 172 valence electrons. The van der Waals surface area contributed by atoms with Crippen molar-refractivity contribution in [3.05, 3.63) is 87.4 Å². The van der Waals surface area contributed by atoms with Crippen molar-refractivity contribution in [2.24, 2.45) is 5.92 Å². The molecule has 0 atom stereocenters. The Hall–Kier alpha value is -3.13. The summed E-state index contributed by atoms with van der Waals surface area (Å²) in [6.07, 6.45) is 3.87. The number of carbonyl (C=O) groups excluding carboxylic acids is 2. The van der Waals surface area contributed by atoms with Crippen LogP contribution < -0.4 is 5.32 Å². The number of rotatable bonds is 8. The van der Waals surface area contributed by atoms with E-state index in [0.717, 1.165) is 36.8 Å². The summed E-state index contributed by atoms with van der Waals surface area (Å²) in [5, 5.41) is 5.12. The number of amides is 2. The van der Waals surface area contributed by atoms with E-state index in [2.05, 4.69) is 10.3 Å². The van der Waals surface area contributed by atoms with Crippen LogP contribution in [0.1, 0.15) is 52.3 Å². The zero-order valence-electron chi connectivity index (χ0n) is 18.1. The molecule has 1 heterocycles. The van der Waals surface area contributed by atoms with Crippen molar-refractivity contribution in [2.45, 2.75) is 45.3 Å². The number of hydrogen-bond acceptors (Lipinski definition) is 4. The number of hydrogen-bond donors (Lipinski definition) is 1.